The first-order valence-electron chi connectivity index (χ1n) is 6.73. The Morgan fingerprint density at radius 3 is 3.05 bits per heavy atom. The van der Waals surface area contributed by atoms with Crippen molar-refractivity contribution in [2.75, 3.05) is 6.61 Å². The molecule has 0 amide bonds. The van der Waals surface area contributed by atoms with E-state index in [4.69, 9.17) is 4.74 Å². The number of ether oxygens (including phenoxy) is 1. The van der Waals surface area contributed by atoms with E-state index in [-0.39, 0.29) is 11.8 Å². The predicted octanol–water partition coefficient (Wildman–Crippen LogP) is 2.69. The molecular weight excluding hydrogens is 307 g/mol. The van der Waals surface area contributed by atoms with Gasteiger partial charge < -0.3 is 9.72 Å². The summed E-state index contributed by atoms with van der Waals surface area (Å²) < 4.78 is 18.3. The number of H-pyrrole nitrogens is 1. The van der Waals surface area contributed by atoms with E-state index in [1.807, 2.05) is 0 Å². The van der Waals surface area contributed by atoms with Crippen molar-refractivity contribution in [3.63, 3.8) is 0 Å². The van der Waals surface area contributed by atoms with Crippen molar-refractivity contribution >= 4 is 39.8 Å². The monoisotopic (exact) mass is 320 g/mol. The van der Waals surface area contributed by atoms with E-state index in [9.17, 15) is 9.18 Å². The lowest BCUT2D eigenvalue weighted by molar-refractivity contribution is -0.142. The van der Waals surface area contributed by atoms with Gasteiger partial charge in [0.2, 0.25) is 5.16 Å². The van der Waals surface area contributed by atoms with Crippen molar-refractivity contribution in [3.05, 3.63) is 24.0 Å². The average Bonchev–Trinajstić information content (AvgIpc) is 2.84. The van der Waals surface area contributed by atoms with Crippen LogP contribution in [0.4, 0.5) is 4.39 Å². The molecule has 3 rings (SSSR count). The molecule has 3 aromatic rings. The molecule has 0 aliphatic rings. The fourth-order valence-corrected chi connectivity index (χ4v) is 2.76. The van der Waals surface area contributed by atoms with Crippen molar-refractivity contribution in [2.45, 2.75) is 24.3 Å². The molecule has 1 aromatic carbocycles. The summed E-state index contributed by atoms with van der Waals surface area (Å²) in [4.78, 5) is 19.0. The normalized spacial score (nSPS) is 12.7. The first kappa shape index (κ1) is 14.7. The Morgan fingerprint density at radius 2 is 2.27 bits per heavy atom. The maximum atomic E-state index is 13.3. The van der Waals surface area contributed by atoms with Crippen LogP contribution in [0.3, 0.4) is 0 Å². The van der Waals surface area contributed by atoms with E-state index in [1.54, 1.807) is 19.9 Å². The molecule has 2 aromatic heterocycles. The third-order valence-electron chi connectivity index (χ3n) is 3.06. The highest BCUT2D eigenvalue weighted by Gasteiger charge is 2.18. The Morgan fingerprint density at radius 1 is 1.45 bits per heavy atom. The van der Waals surface area contributed by atoms with Gasteiger partial charge in [0.05, 0.1) is 6.61 Å². The topological polar surface area (TPSA) is 80.8 Å². The zero-order valence-corrected chi connectivity index (χ0v) is 12.8. The molecule has 8 heteroatoms. The minimum Gasteiger partial charge on any atom is -0.465 e. The van der Waals surface area contributed by atoms with Crippen LogP contribution in [0.1, 0.15) is 13.8 Å². The van der Waals surface area contributed by atoms with Gasteiger partial charge in [-0.2, -0.15) is 0 Å². The fourth-order valence-electron chi connectivity index (χ4n) is 2.04. The highest BCUT2D eigenvalue weighted by atomic mass is 32.2. The maximum absolute atomic E-state index is 13.3. The van der Waals surface area contributed by atoms with E-state index < -0.39 is 5.25 Å². The number of halogens is 1. The Labute approximate surface area is 129 Å². The van der Waals surface area contributed by atoms with Gasteiger partial charge >= 0.3 is 5.97 Å². The second-order valence-corrected chi connectivity index (χ2v) is 5.93. The second-order valence-electron chi connectivity index (χ2n) is 4.62. The molecule has 1 unspecified atom stereocenters. The summed E-state index contributed by atoms with van der Waals surface area (Å²) in [6, 6.07) is 4.38. The van der Waals surface area contributed by atoms with Crippen LogP contribution in [0.5, 0.6) is 0 Å². The number of rotatable bonds is 4. The number of aromatic nitrogens is 4. The van der Waals surface area contributed by atoms with Crippen LogP contribution < -0.4 is 0 Å². The van der Waals surface area contributed by atoms with Crippen LogP contribution in [0.25, 0.3) is 22.1 Å². The van der Waals surface area contributed by atoms with E-state index in [1.165, 1.54) is 23.9 Å². The largest absolute Gasteiger partial charge is 0.465 e. The molecule has 0 aliphatic carbocycles. The van der Waals surface area contributed by atoms with Crippen molar-refractivity contribution < 1.29 is 13.9 Å². The molecule has 0 bridgehead atoms. The first-order chi connectivity index (χ1) is 10.6. The van der Waals surface area contributed by atoms with Gasteiger partial charge in [0.25, 0.3) is 0 Å². The summed E-state index contributed by atoms with van der Waals surface area (Å²) in [5, 5.41) is 8.64. The first-order valence-corrected chi connectivity index (χ1v) is 7.61. The summed E-state index contributed by atoms with van der Waals surface area (Å²) in [5.41, 5.74) is 1.75. The van der Waals surface area contributed by atoms with Gasteiger partial charge in [0, 0.05) is 10.9 Å². The number of esters is 1. The number of nitrogens with zero attached hydrogens (tertiary/aromatic N) is 3. The van der Waals surface area contributed by atoms with Crippen molar-refractivity contribution in [1.29, 1.82) is 0 Å². The summed E-state index contributed by atoms with van der Waals surface area (Å²) in [7, 11) is 0. The molecule has 2 heterocycles. The molecule has 0 spiro atoms. The average molecular weight is 320 g/mol. The number of fused-ring (bicyclic) bond motifs is 3. The third kappa shape index (κ3) is 2.74. The molecule has 1 N–H and O–H groups in total. The Kier molecular flexibility index (Phi) is 3.93. The lowest BCUT2D eigenvalue weighted by Crippen LogP contribution is -2.17. The molecule has 0 fully saturated rings. The number of aromatic amines is 1. The molecular formula is C14H13FN4O2S. The highest BCUT2D eigenvalue weighted by Crippen LogP contribution is 2.25. The van der Waals surface area contributed by atoms with E-state index in [0.29, 0.717) is 28.3 Å². The molecule has 22 heavy (non-hydrogen) atoms. The smallest absolute Gasteiger partial charge is 0.319 e. The Bertz CT molecular complexity index is 851. The molecule has 0 radical (unpaired) electrons. The van der Waals surface area contributed by atoms with E-state index >= 15 is 0 Å². The Balaban J connectivity index is 1.93. The van der Waals surface area contributed by atoms with Gasteiger partial charge in [-0.3, -0.25) is 4.79 Å². The number of hydrogen-bond donors (Lipinski definition) is 1. The minimum atomic E-state index is -0.430. The zero-order chi connectivity index (χ0) is 15.7. The number of carbonyl (C=O) groups is 1. The Hall–Kier alpha value is -2.22. The molecule has 0 aliphatic heterocycles. The lowest BCUT2D eigenvalue weighted by Gasteiger charge is -2.08. The van der Waals surface area contributed by atoms with Gasteiger partial charge in [0.15, 0.2) is 5.65 Å². The quantitative estimate of drug-likeness (QED) is 0.588. The standard InChI is InChI=1S/C14H13FN4O2S/c1-3-21-13(20)7(2)22-14-17-12-11(18-19-14)9-6-8(15)4-5-10(9)16-12/h4-7H,3H2,1-2H3,(H,16,17,19). The number of hydrogen-bond acceptors (Lipinski definition) is 6. The number of nitrogens with one attached hydrogen (secondary N) is 1. The minimum absolute atomic E-state index is 0.324. The summed E-state index contributed by atoms with van der Waals surface area (Å²) in [5.74, 6) is -0.667. The van der Waals surface area contributed by atoms with Crippen molar-refractivity contribution in [1.82, 2.24) is 20.2 Å². The lowest BCUT2D eigenvalue weighted by atomic mass is 10.2. The SMILES string of the molecule is CCOC(=O)C(C)Sc1nnc2c(n1)[nH]c1ccc(F)cc12. The maximum Gasteiger partial charge on any atom is 0.319 e. The number of thioether (sulfide) groups is 1. The van der Waals surface area contributed by atoms with Gasteiger partial charge in [-0.1, -0.05) is 11.8 Å². The summed E-state index contributed by atoms with van der Waals surface area (Å²) in [6.07, 6.45) is 0. The van der Waals surface area contributed by atoms with E-state index in [0.717, 1.165) is 5.52 Å². The van der Waals surface area contributed by atoms with Crippen molar-refractivity contribution in [3.8, 4) is 0 Å². The van der Waals surface area contributed by atoms with Crippen LogP contribution in [0, 0.1) is 5.82 Å². The molecule has 1 atom stereocenters. The van der Waals surface area contributed by atoms with Crippen LogP contribution in [-0.4, -0.2) is 38.0 Å². The van der Waals surface area contributed by atoms with Crippen LogP contribution in [0.2, 0.25) is 0 Å². The van der Waals surface area contributed by atoms with Gasteiger partial charge in [0.1, 0.15) is 16.6 Å². The van der Waals surface area contributed by atoms with Crippen LogP contribution in [0.15, 0.2) is 23.4 Å². The predicted molar refractivity (Wildman–Crippen MR) is 81.1 cm³/mol. The van der Waals surface area contributed by atoms with Crippen molar-refractivity contribution in [2.24, 2.45) is 0 Å². The van der Waals surface area contributed by atoms with Crippen LogP contribution in [-0.2, 0) is 9.53 Å². The molecule has 6 nitrogen and oxygen atoms in total. The number of carbonyl (C=O) groups excluding carboxylic acids is 1. The molecule has 114 valence electrons. The summed E-state index contributed by atoms with van der Waals surface area (Å²) in [6.45, 7) is 3.80. The number of benzene rings is 1. The van der Waals surface area contributed by atoms with Crippen LogP contribution >= 0.6 is 11.8 Å². The van der Waals surface area contributed by atoms with Gasteiger partial charge in [-0.05, 0) is 32.0 Å². The molecule has 0 saturated carbocycles. The fraction of sp³-hybridized carbons (Fsp3) is 0.286. The molecule has 0 saturated heterocycles. The summed E-state index contributed by atoms with van der Waals surface area (Å²) >= 11 is 1.17. The van der Waals surface area contributed by atoms with Gasteiger partial charge in [-0.25, -0.2) is 9.37 Å². The van der Waals surface area contributed by atoms with E-state index in [2.05, 4.69) is 20.2 Å². The van der Waals surface area contributed by atoms with Gasteiger partial charge in [-0.15, -0.1) is 10.2 Å². The second kappa shape index (κ2) is 5.88. The zero-order valence-electron chi connectivity index (χ0n) is 12.0. The highest BCUT2D eigenvalue weighted by molar-refractivity contribution is 8.00. The third-order valence-corrected chi connectivity index (χ3v) is 3.99.